The van der Waals surface area contributed by atoms with E-state index < -0.39 is 68.7 Å². The SMILES string of the molecule is C=C[C@@H]1C[C@]1(NC(=O)[C@@H]1C[C@@H]2CN1C(=O)[C@H](C1CCCCC1)NC(=O)OCCCCC=Cc1cc3c(cc(-c4ccccc4)nc3cc1OC)O2)C(=O)NS(=O)(=O)C1CC1. The number of rotatable bonds is 9. The van der Waals surface area contributed by atoms with E-state index >= 15 is 0 Å². The third-order valence-electron chi connectivity index (χ3n) is 12.5. The maximum atomic E-state index is 15.0. The van der Waals surface area contributed by atoms with Crippen molar-refractivity contribution in [2.75, 3.05) is 20.3 Å². The van der Waals surface area contributed by atoms with Crippen molar-refractivity contribution in [3.8, 4) is 22.8 Å². The number of alkyl carbamates (subject to hydrolysis) is 1. The summed E-state index contributed by atoms with van der Waals surface area (Å²) >= 11 is 0. The van der Waals surface area contributed by atoms with E-state index in [0.717, 1.165) is 43.2 Å². The van der Waals surface area contributed by atoms with E-state index in [1.54, 1.807) is 7.11 Å². The summed E-state index contributed by atoms with van der Waals surface area (Å²) in [5, 5.41) is 5.82. The van der Waals surface area contributed by atoms with Gasteiger partial charge in [0, 0.05) is 41.0 Å². The number of hydrogen-bond donors (Lipinski definition) is 3. The average Bonchev–Trinajstić information content (AvgIpc) is 4.19. The van der Waals surface area contributed by atoms with Crippen molar-refractivity contribution >= 4 is 50.8 Å². The molecule has 4 amide bonds. The molecule has 15 heteroatoms. The molecule has 318 valence electrons. The normalized spacial score (nSPS) is 26.4. The lowest BCUT2D eigenvalue weighted by molar-refractivity contribution is -0.142. The van der Waals surface area contributed by atoms with Crippen LogP contribution in [0.25, 0.3) is 28.2 Å². The van der Waals surface area contributed by atoms with Crippen LogP contribution < -0.4 is 24.8 Å². The van der Waals surface area contributed by atoms with Gasteiger partial charge in [0.2, 0.25) is 21.8 Å². The van der Waals surface area contributed by atoms with Crippen molar-refractivity contribution < 1.29 is 41.8 Å². The van der Waals surface area contributed by atoms with Gasteiger partial charge in [0.15, 0.2) is 0 Å². The highest BCUT2D eigenvalue weighted by Crippen LogP contribution is 2.46. The van der Waals surface area contributed by atoms with E-state index in [1.165, 1.54) is 11.0 Å². The van der Waals surface area contributed by atoms with Gasteiger partial charge in [-0.3, -0.25) is 19.1 Å². The second kappa shape index (κ2) is 17.3. The van der Waals surface area contributed by atoms with E-state index in [1.807, 2.05) is 60.7 Å². The number of carbonyl (C=O) groups excluding carboxylic acids is 4. The summed E-state index contributed by atoms with van der Waals surface area (Å²) in [4.78, 5) is 63.1. The Morgan fingerprint density at radius 2 is 1.82 bits per heavy atom. The first kappa shape index (κ1) is 41.3. The summed E-state index contributed by atoms with van der Waals surface area (Å²) in [5.74, 6) is -1.50. The van der Waals surface area contributed by atoms with Crippen molar-refractivity contribution in [2.45, 2.75) is 106 Å². The number of fused-ring (bicyclic) bond motifs is 3. The van der Waals surface area contributed by atoms with E-state index in [9.17, 15) is 27.6 Å². The quantitative estimate of drug-likeness (QED) is 0.223. The minimum atomic E-state index is -3.91. The Morgan fingerprint density at radius 3 is 2.53 bits per heavy atom. The van der Waals surface area contributed by atoms with Gasteiger partial charge in [-0.05, 0) is 63.4 Å². The maximum Gasteiger partial charge on any atom is 0.407 e. The Bertz CT molecular complexity index is 2290. The molecule has 5 aliphatic rings. The second-order valence-corrected chi connectivity index (χ2v) is 18.7. The van der Waals surface area contributed by atoms with Crippen molar-refractivity contribution in [3.05, 3.63) is 72.8 Å². The highest BCUT2D eigenvalue weighted by Gasteiger charge is 2.62. The van der Waals surface area contributed by atoms with Crippen molar-refractivity contribution in [2.24, 2.45) is 11.8 Å². The zero-order valence-electron chi connectivity index (χ0n) is 33.9. The molecule has 8 rings (SSSR count). The van der Waals surface area contributed by atoms with Crippen molar-refractivity contribution in [1.82, 2.24) is 25.2 Å². The van der Waals surface area contributed by atoms with Gasteiger partial charge in [0.1, 0.15) is 35.2 Å². The van der Waals surface area contributed by atoms with Crippen LogP contribution in [0.2, 0.25) is 0 Å². The first-order valence-electron chi connectivity index (χ1n) is 21.2. The molecule has 0 unspecified atom stereocenters. The zero-order chi connectivity index (χ0) is 42.0. The summed E-state index contributed by atoms with van der Waals surface area (Å²) in [5.41, 5.74) is 1.39. The molecule has 3 heterocycles. The molecule has 3 saturated carbocycles. The average molecular weight is 840 g/mol. The van der Waals surface area contributed by atoms with Crippen LogP contribution in [0.5, 0.6) is 11.5 Å². The van der Waals surface area contributed by atoms with Gasteiger partial charge in [0.05, 0.1) is 36.7 Å². The maximum absolute atomic E-state index is 15.0. The number of methoxy groups -OCH3 is 1. The first-order chi connectivity index (χ1) is 29.0. The molecule has 0 radical (unpaired) electrons. The molecule has 3 aromatic rings. The van der Waals surface area contributed by atoms with E-state index in [-0.39, 0.29) is 31.9 Å². The molecular formula is C45H53N5O9S. The lowest BCUT2D eigenvalue weighted by Gasteiger charge is -2.34. The number of allylic oxidation sites excluding steroid dienone is 1. The van der Waals surface area contributed by atoms with Gasteiger partial charge in [-0.1, -0.05) is 67.8 Å². The standard InChI is InChI=1S/C45H53N5O9S/c1-3-31-26-45(31,43(53)49-60(55,56)33-19-20-33)48-41(51)37-23-32-27-50(37)42(52)40(29-16-11-7-12-17-29)47-44(54)58-21-13-5-4-8-18-30-22-34-36(25-38(30)57-2)46-35(24-39(34)59-32)28-14-9-6-10-15-28/h3,6,8-10,14-15,18,22,24-25,29,31-33,37,40H,1,4-5,7,11-13,16-17,19-21,23,26-27H2,2H3,(H,47,54)(H,48,51)(H,49,53)/t31-,32-,37+,40+,45-/m1/s1. The molecule has 1 aromatic heterocycles. The number of amides is 4. The van der Waals surface area contributed by atoms with Crippen LogP contribution in [0.1, 0.15) is 82.6 Å². The van der Waals surface area contributed by atoms with Crippen molar-refractivity contribution in [1.29, 1.82) is 0 Å². The third-order valence-corrected chi connectivity index (χ3v) is 14.4. The molecular weight excluding hydrogens is 787 g/mol. The number of aromatic nitrogens is 1. The van der Waals surface area contributed by atoms with Crippen LogP contribution in [0.15, 0.2) is 67.3 Å². The molecule has 1 saturated heterocycles. The number of benzene rings is 2. The topological polar surface area (TPSA) is 182 Å². The Labute approximate surface area is 350 Å². The number of hydrogen-bond acceptors (Lipinski definition) is 10. The molecule has 60 heavy (non-hydrogen) atoms. The molecule has 2 aliphatic heterocycles. The number of nitrogens with one attached hydrogen (secondary N) is 3. The van der Waals surface area contributed by atoms with Gasteiger partial charge in [-0.15, -0.1) is 6.58 Å². The number of carbonyl (C=O) groups is 4. The molecule has 14 nitrogen and oxygen atoms in total. The summed E-state index contributed by atoms with van der Waals surface area (Å²) in [6.07, 6.45) is 11.6. The van der Waals surface area contributed by atoms with Crippen molar-refractivity contribution in [3.63, 3.8) is 0 Å². The Kier molecular flexibility index (Phi) is 11.9. The molecule has 4 bridgehead atoms. The monoisotopic (exact) mass is 839 g/mol. The number of sulfonamides is 1. The van der Waals surface area contributed by atoms with E-state index in [2.05, 4.69) is 21.9 Å². The zero-order valence-corrected chi connectivity index (χ0v) is 34.7. The van der Waals surface area contributed by atoms with Crippen LogP contribution in [0, 0.1) is 11.8 Å². The number of ether oxygens (including phenoxy) is 3. The molecule has 2 aromatic carbocycles. The van der Waals surface area contributed by atoms with Gasteiger partial charge < -0.3 is 29.7 Å². The lowest BCUT2D eigenvalue weighted by atomic mass is 9.83. The minimum absolute atomic E-state index is 0.00951. The fourth-order valence-corrected chi connectivity index (χ4v) is 10.3. The minimum Gasteiger partial charge on any atom is -0.496 e. The predicted molar refractivity (Wildman–Crippen MR) is 225 cm³/mol. The van der Waals surface area contributed by atoms with Crippen LogP contribution in [0.4, 0.5) is 4.79 Å². The second-order valence-electron chi connectivity index (χ2n) is 16.7. The lowest BCUT2D eigenvalue weighted by Crippen LogP contribution is -2.59. The Hall–Kier alpha value is -5.44. The molecule has 3 N–H and O–H groups in total. The molecule has 4 fully saturated rings. The van der Waals surface area contributed by atoms with Crippen LogP contribution in [-0.4, -0.2) is 91.4 Å². The molecule has 3 aliphatic carbocycles. The largest absolute Gasteiger partial charge is 0.496 e. The summed E-state index contributed by atoms with van der Waals surface area (Å²) in [6.45, 7) is 3.98. The van der Waals surface area contributed by atoms with Gasteiger partial charge >= 0.3 is 6.09 Å². The highest BCUT2D eigenvalue weighted by molar-refractivity contribution is 7.91. The Morgan fingerprint density at radius 1 is 1.03 bits per heavy atom. The smallest absolute Gasteiger partial charge is 0.407 e. The number of cyclic esters (lactones) is 1. The van der Waals surface area contributed by atoms with Gasteiger partial charge in [0.25, 0.3) is 5.91 Å². The van der Waals surface area contributed by atoms with Gasteiger partial charge in [-0.25, -0.2) is 18.2 Å². The summed E-state index contributed by atoms with van der Waals surface area (Å²) in [6, 6.07) is 13.3. The van der Waals surface area contributed by atoms with E-state index in [0.29, 0.717) is 60.2 Å². The van der Waals surface area contributed by atoms with Crippen LogP contribution in [0.3, 0.4) is 0 Å². The van der Waals surface area contributed by atoms with Crippen LogP contribution >= 0.6 is 0 Å². The van der Waals surface area contributed by atoms with Gasteiger partial charge in [-0.2, -0.15) is 0 Å². The fourth-order valence-electron chi connectivity index (χ4n) is 8.91. The first-order valence-corrected chi connectivity index (χ1v) is 22.7. The molecule has 5 atom stereocenters. The highest BCUT2D eigenvalue weighted by atomic mass is 32.2. The predicted octanol–water partition coefficient (Wildman–Crippen LogP) is 5.80. The van der Waals surface area contributed by atoms with Crippen LogP contribution in [-0.2, 0) is 29.1 Å². The summed E-state index contributed by atoms with van der Waals surface area (Å²) < 4.78 is 46.2. The van der Waals surface area contributed by atoms with E-state index in [4.69, 9.17) is 19.2 Å². The Balaban J connectivity index is 1.18. The number of pyridine rings is 1. The fraction of sp³-hybridized carbons (Fsp3) is 0.489. The molecule has 0 spiro atoms. The third kappa shape index (κ3) is 8.72. The number of nitrogens with zero attached hydrogens (tertiary/aromatic N) is 2. The summed E-state index contributed by atoms with van der Waals surface area (Å²) in [7, 11) is -2.31.